The molecule has 132 valence electrons. The second-order valence-electron chi connectivity index (χ2n) is 6.09. The number of nitrogens with zero attached hydrogens (tertiary/aromatic N) is 3. The molecule has 0 bridgehead atoms. The average Bonchev–Trinajstić information content (AvgIpc) is 3.19. The number of anilines is 1. The second kappa shape index (κ2) is 6.03. The summed E-state index contributed by atoms with van der Waals surface area (Å²) in [5.74, 6) is 1.75. The van der Waals surface area contributed by atoms with E-state index in [1.807, 2.05) is 31.2 Å². The van der Waals surface area contributed by atoms with E-state index < -0.39 is 11.9 Å². The smallest absolute Gasteiger partial charge is 0.249 e. The molecule has 2 aromatic heterocycles. The van der Waals surface area contributed by atoms with Crippen molar-refractivity contribution in [1.29, 1.82) is 0 Å². The zero-order valence-electron chi connectivity index (χ0n) is 14.2. The van der Waals surface area contributed by atoms with Gasteiger partial charge in [-0.3, -0.25) is 4.79 Å². The third-order valence-electron chi connectivity index (χ3n) is 4.23. The molecule has 0 saturated heterocycles. The first-order valence-corrected chi connectivity index (χ1v) is 8.38. The molecule has 0 fully saturated rings. The lowest BCUT2D eigenvalue weighted by atomic mass is 10.0. The number of amides is 1. The second-order valence-corrected chi connectivity index (χ2v) is 6.53. The van der Waals surface area contributed by atoms with Crippen LogP contribution in [0.25, 0.3) is 11.4 Å². The van der Waals surface area contributed by atoms with Crippen LogP contribution in [0.4, 0.5) is 5.95 Å². The number of rotatable bonds is 3. The maximum Gasteiger partial charge on any atom is 0.249 e. The summed E-state index contributed by atoms with van der Waals surface area (Å²) >= 11 is 6.07. The molecule has 4 rings (SSSR count). The number of furan rings is 1. The normalized spacial score (nSPS) is 16.3. The van der Waals surface area contributed by atoms with Gasteiger partial charge in [-0.1, -0.05) is 23.7 Å². The molecule has 0 aliphatic carbocycles. The van der Waals surface area contributed by atoms with Crippen LogP contribution < -0.4 is 11.1 Å². The Hall–Kier alpha value is -3.06. The van der Waals surface area contributed by atoms with Crippen LogP contribution in [0.3, 0.4) is 0 Å². The van der Waals surface area contributed by atoms with Crippen molar-refractivity contribution in [3.05, 3.63) is 64.2 Å². The number of aryl methyl sites for hydroxylation is 1. The van der Waals surface area contributed by atoms with Crippen LogP contribution in [-0.2, 0) is 4.79 Å². The number of carbonyl (C=O) groups is 1. The Kier molecular flexibility index (Phi) is 3.81. The summed E-state index contributed by atoms with van der Waals surface area (Å²) in [6.45, 7) is 3.62. The highest BCUT2D eigenvalue weighted by molar-refractivity contribution is 6.30. The topological polar surface area (TPSA) is 99.0 Å². The number of allylic oxidation sites excluding steroid dienone is 1. The summed E-state index contributed by atoms with van der Waals surface area (Å²) in [7, 11) is 0. The van der Waals surface area contributed by atoms with Crippen LogP contribution >= 0.6 is 11.6 Å². The van der Waals surface area contributed by atoms with Crippen LogP contribution in [0, 0.1) is 6.92 Å². The van der Waals surface area contributed by atoms with Gasteiger partial charge in [-0.2, -0.15) is 4.98 Å². The van der Waals surface area contributed by atoms with Crippen LogP contribution in [0.5, 0.6) is 0 Å². The molecule has 0 radical (unpaired) electrons. The number of carbonyl (C=O) groups excluding carboxylic acids is 1. The fraction of sp³-hybridized carbons (Fsp3) is 0.167. The maximum absolute atomic E-state index is 12.1. The van der Waals surface area contributed by atoms with E-state index in [-0.39, 0.29) is 0 Å². The van der Waals surface area contributed by atoms with Crippen molar-refractivity contribution < 1.29 is 9.21 Å². The molecule has 3 aromatic rings. The van der Waals surface area contributed by atoms with Gasteiger partial charge < -0.3 is 15.5 Å². The third-order valence-corrected chi connectivity index (χ3v) is 4.47. The summed E-state index contributed by atoms with van der Waals surface area (Å²) in [5, 5.41) is 8.27. The van der Waals surface area contributed by atoms with E-state index in [1.165, 1.54) is 0 Å². The zero-order chi connectivity index (χ0) is 18.4. The van der Waals surface area contributed by atoms with E-state index >= 15 is 0 Å². The largest absolute Gasteiger partial charge is 0.464 e. The lowest BCUT2D eigenvalue weighted by molar-refractivity contribution is -0.115. The van der Waals surface area contributed by atoms with Crippen molar-refractivity contribution in [2.75, 3.05) is 5.32 Å². The third kappa shape index (κ3) is 2.66. The van der Waals surface area contributed by atoms with E-state index in [9.17, 15) is 4.79 Å². The first kappa shape index (κ1) is 16.4. The van der Waals surface area contributed by atoms with Crippen molar-refractivity contribution in [1.82, 2.24) is 14.8 Å². The van der Waals surface area contributed by atoms with E-state index in [0.29, 0.717) is 33.8 Å². The van der Waals surface area contributed by atoms with Crippen molar-refractivity contribution in [3.63, 3.8) is 0 Å². The van der Waals surface area contributed by atoms with E-state index in [2.05, 4.69) is 15.4 Å². The number of benzene rings is 1. The zero-order valence-corrected chi connectivity index (χ0v) is 14.9. The van der Waals surface area contributed by atoms with E-state index in [1.54, 1.807) is 23.7 Å². The monoisotopic (exact) mass is 369 g/mol. The van der Waals surface area contributed by atoms with Crippen molar-refractivity contribution >= 4 is 23.5 Å². The lowest BCUT2D eigenvalue weighted by Gasteiger charge is -2.25. The number of halogens is 1. The molecule has 8 heteroatoms. The molecular weight excluding hydrogens is 354 g/mol. The molecule has 1 atom stereocenters. The standard InChI is InChI=1S/C18H16ClN5O2/c1-9-6-7-13(26-9)15-14(16(20)25)10(2)21-18-22-17(23-24(15)18)11-4-3-5-12(19)8-11/h3-8,15H,1-2H3,(H2,20,25)(H,21,22,23). The van der Waals surface area contributed by atoms with Crippen molar-refractivity contribution in [2.45, 2.75) is 19.9 Å². The summed E-state index contributed by atoms with van der Waals surface area (Å²) < 4.78 is 7.38. The number of aromatic nitrogens is 3. The summed E-state index contributed by atoms with van der Waals surface area (Å²) in [5.41, 5.74) is 7.40. The number of primary amides is 1. The Morgan fingerprint density at radius 2 is 2.12 bits per heavy atom. The van der Waals surface area contributed by atoms with Crippen molar-refractivity contribution in [2.24, 2.45) is 5.73 Å². The van der Waals surface area contributed by atoms with Crippen LogP contribution in [0.15, 0.2) is 52.1 Å². The van der Waals surface area contributed by atoms with Crippen LogP contribution in [0.2, 0.25) is 5.02 Å². The van der Waals surface area contributed by atoms with Gasteiger partial charge in [-0.15, -0.1) is 5.10 Å². The molecular formula is C18H16ClN5O2. The predicted octanol–water partition coefficient (Wildman–Crippen LogP) is 3.27. The first-order chi connectivity index (χ1) is 12.4. The SMILES string of the molecule is CC1=C(C(N)=O)C(c2ccc(C)o2)n2nc(-c3cccc(Cl)c3)nc2N1. The molecule has 7 nitrogen and oxygen atoms in total. The molecule has 1 aliphatic heterocycles. The van der Waals surface area contributed by atoms with Gasteiger partial charge in [-0.25, -0.2) is 4.68 Å². The first-order valence-electron chi connectivity index (χ1n) is 8.00. The molecule has 3 heterocycles. The Morgan fingerprint density at radius 1 is 1.31 bits per heavy atom. The molecule has 1 amide bonds. The Morgan fingerprint density at radius 3 is 2.77 bits per heavy atom. The minimum Gasteiger partial charge on any atom is -0.464 e. The summed E-state index contributed by atoms with van der Waals surface area (Å²) in [6.07, 6.45) is 0. The van der Waals surface area contributed by atoms with E-state index in [4.69, 9.17) is 21.8 Å². The molecule has 3 N–H and O–H groups in total. The highest BCUT2D eigenvalue weighted by Crippen LogP contribution is 2.36. The summed E-state index contributed by atoms with van der Waals surface area (Å²) in [6, 6.07) is 10.3. The number of nitrogens with one attached hydrogen (secondary N) is 1. The van der Waals surface area contributed by atoms with Gasteiger partial charge in [0.2, 0.25) is 11.9 Å². The fourth-order valence-electron chi connectivity index (χ4n) is 3.08. The number of nitrogens with two attached hydrogens (primary N) is 1. The van der Waals surface area contributed by atoms with Gasteiger partial charge in [0, 0.05) is 16.3 Å². The van der Waals surface area contributed by atoms with E-state index in [0.717, 1.165) is 11.3 Å². The lowest BCUT2D eigenvalue weighted by Crippen LogP contribution is -2.31. The molecule has 26 heavy (non-hydrogen) atoms. The van der Waals surface area contributed by atoms with Gasteiger partial charge >= 0.3 is 0 Å². The molecule has 1 aromatic carbocycles. The number of hydrogen-bond acceptors (Lipinski definition) is 5. The summed E-state index contributed by atoms with van der Waals surface area (Å²) in [4.78, 5) is 16.6. The predicted molar refractivity (Wildman–Crippen MR) is 97.6 cm³/mol. The van der Waals surface area contributed by atoms with Crippen LogP contribution in [0.1, 0.15) is 24.5 Å². The van der Waals surface area contributed by atoms with Gasteiger partial charge in [0.25, 0.3) is 0 Å². The van der Waals surface area contributed by atoms with Crippen molar-refractivity contribution in [3.8, 4) is 11.4 Å². The Bertz CT molecular complexity index is 1050. The molecule has 1 aliphatic rings. The molecule has 0 saturated carbocycles. The molecule has 0 spiro atoms. The minimum absolute atomic E-state index is 0.384. The fourth-order valence-corrected chi connectivity index (χ4v) is 3.27. The maximum atomic E-state index is 12.1. The Labute approximate surface area is 154 Å². The van der Waals surface area contributed by atoms with Gasteiger partial charge in [0.05, 0.1) is 5.57 Å². The van der Waals surface area contributed by atoms with Crippen LogP contribution in [-0.4, -0.2) is 20.7 Å². The minimum atomic E-state index is -0.585. The van der Waals surface area contributed by atoms with Gasteiger partial charge in [0.1, 0.15) is 17.6 Å². The van der Waals surface area contributed by atoms with Gasteiger partial charge in [0.15, 0.2) is 5.82 Å². The molecule has 1 unspecified atom stereocenters. The number of hydrogen-bond donors (Lipinski definition) is 2. The Balaban J connectivity index is 1.88. The van der Waals surface area contributed by atoms with Gasteiger partial charge in [-0.05, 0) is 38.1 Å². The number of fused-ring (bicyclic) bond motifs is 1. The highest BCUT2D eigenvalue weighted by Gasteiger charge is 2.35. The highest BCUT2D eigenvalue weighted by atomic mass is 35.5. The average molecular weight is 370 g/mol. The quantitative estimate of drug-likeness (QED) is 0.738.